The number of aliphatic carboxylic acids is 1. The van der Waals surface area contributed by atoms with Gasteiger partial charge in [-0.05, 0) is 34.6 Å². The molecule has 2 N–H and O–H groups in total. The molecule has 0 aliphatic carbocycles. The molecule has 2 aliphatic rings. The molecule has 3 atom stereocenters. The summed E-state index contributed by atoms with van der Waals surface area (Å²) < 4.78 is 5.28. The van der Waals surface area contributed by atoms with Gasteiger partial charge >= 0.3 is 11.9 Å². The zero-order valence-electron chi connectivity index (χ0n) is 13.4. The van der Waals surface area contributed by atoms with E-state index in [0.717, 1.165) is 0 Å². The van der Waals surface area contributed by atoms with Crippen LogP contribution in [0.5, 0.6) is 0 Å². The maximum absolute atomic E-state index is 12.3. The number of nitrogens with one attached hydrogen (secondary N) is 1. The lowest BCUT2D eigenvalue weighted by Gasteiger charge is -2.45. The molecular formula is C14H22N2O5S. The van der Waals surface area contributed by atoms with E-state index in [9.17, 15) is 14.4 Å². The summed E-state index contributed by atoms with van der Waals surface area (Å²) in [5.74, 6) is -2.06. The second-order valence-corrected chi connectivity index (χ2v) is 8.77. The van der Waals surface area contributed by atoms with E-state index in [0.29, 0.717) is 0 Å². The Morgan fingerprint density at radius 3 is 2.55 bits per heavy atom. The number of esters is 1. The van der Waals surface area contributed by atoms with Gasteiger partial charge in [0, 0.05) is 0 Å². The number of carbonyl (C=O) groups is 3. The van der Waals surface area contributed by atoms with Gasteiger partial charge in [-0.3, -0.25) is 14.9 Å². The summed E-state index contributed by atoms with van der Waals surface area (Å²) in [7, 11) is 0. The van der Waals surface area contributed by atoms with Crippen LogP contribution in [0, 0.1) is 0 Å². The molecule has 2 heterocycles. The van der Waals surface area contributed by atoms with E-state index in [2.05, 4.69) is 5.32 Å². The van der Waals surface area contributed by atoms with Crippen molar-refractivity contribution >= 4 is 29.6 Å². The fourth-order valence-corrected chi connectivity index (χ4v) is 4.10. The van der Waals surface area contributed by atoms with Crippen molar-refractivity contribution in [2.75, 3.05) is 0 Å². The van der Waals surface area contributed by atoms with Gasteiger partial charge in [0.25, 0.3) is 0 Å². The Hall–Kier alpha value is -1.28. The lowest BCUT2D eigenvalue weighted by molar-refractivity contribution is -0.173. The molecule has 124 valence electrons. The van der Waals surface area contributed by atoms with Gasteiger partial charge in [0.2, 0.25) is 5.91 Å². The van der Waals surface area contributed by atoms with Gasteiger partial charge in [0.15, 0.2) is 0 Å². The van der Waals surface area contributed by atoms with Crippen LogP contribution >= 0.6 is 11.8 Å². The summed E-state index contributed by atoms with van der Waals surface area (Å²) in [5, 5.41) is 12.0. The van der Waals surface area contributed by atoms with Gasteiger partial charge in [-0.2, -0.15) is 0 Å². The number of hydrogen-bond acceptors (Lipinski definition) is 6. The second kappa shape index (κ2) is 5.42. The van der Waals surface area contributed by atoms with E-state index in [4.69, 9.17) is 9.84 Å². The smallest absolute Gasteiger partial charge is 0.330 e. The van der Waals surface area contributed by atoms with E-state index in [-0.39, 0.29) is 22.2 Å². The normalized spacial score (nSPS) is 27.9. The molecule has 0 aromatic rings. The molecule has 8 heteroatoms. The van der Waals surface area contributed by atoms with Crippen LogP contribution in [0.2, 0.25) is 0 Å². The molecule has 0 aromatic carbocycles. The molecule has 22 heavy (non-hydrogen) atoms. The van der Waals surface area contributed by atoms with Crippen molar-refractivity contribution < 1.29 is 24.2 Å². The van der Waals surface area contributed by atoms with Crippen molar-refractivity contribution in [3.05, 3.63) is 0 Å². The summed E-state index contributed by atoms with van der Waals surface area (Å²) in [5.41, 5.74) is -0.735. The molecule has 0 radical (unpaired) electrons. The molecule has 3 unspecified atom stereocenters. The number of hydrogen-bond donors (Lipinski definition) is 2. The minimum atomic E-state index is -1.14. The highest BCUT2D eigenvalue weighted by atomic mass is 32.2. The Bertz CT molecular complexity index is 514. The molecule has 0 spiro atoms. The first-order chi connectivity index (χ1) is 9.91. The van der Waals surface area contributed by atoms with Crippen LogP contribution in [-0.2, 0) is 19.1 Å². The molecule has 0 aromatic heterocycles. The fourth-order valence-electron chi connectivity index (χ4n) is 2.62. The van der Waals surface area contributed by atoms with Crippen LogP contribution in [0.3, 0.4) is 0 Å². The Kier molecular flexibility index (Phi) is 4.20. The molecule has 0 bridgehead atoms. The Morgan fingerprint density at radius 2 is 2.05 bits per heavy atom. The molecule has 2 aliphatic heterocycles. The predicted molar refractivity (Wildman–Crippen MR) is 81.1 cm³/mol. The van der Waals surface area contributed by atoms with Crippen molar-refractivity contribution in [1.82, 2.24) is 10.2 Å². The van der Waals surface area contributed by atoms with Crippen LogP contribution < -0.4 is 5.32 Å². The van der Waals surface area contributed by atoms with E-state index >= 15 is 0 Å². The minimum absolute atomic E-state index is 0.237. The van der Waals surface area contributed by atoms with Crippen LogP contribution in [0.1, 0.15) is 41.0 Å². The van der Waals surface area contributed by atoms with Gasteiger partial charge in [0.1, 0.15) is 23.1 Å². The highest BCUT2D eigenvalue weighted by Gasteiger charge is 2.59. The third kappa shape index (κ3) is 3.38. The number of nitrogens with zero attached hydrogens (tertiary/aromatic N) is 1. The highest BCUT2D eigenvalue weighted by Crippen LogP contribution is 2.45. The molecule has 2 fully saturated rings. The van der Waals surface area contributed by atoms with Crippen molar-refractivity contribution in [2.24, 2.45) is 0 Å². The molecule has 2 saturated heterocycles. The second-order valence-electron chi connectivity index (χ2n) is 7.03. The third-order valence-corrected chi connectivity index (χ3v) is 4.83. The van der Waals surface area contributed by atoms with Crippen LogP contribution in [0.25, 0.3) is 0 Å². The van der Waals surface area contributed by atoms with Gasteiger partial charge in [0.05, 0.1) is 11.3 Å². The first kappa shape index (κ1) is 17.1. The SMILES string of the molecule is CC(C)(C)OC(=O)C(CC(=O)O)N1C(=O)C2NC(C)(C)SC21. The summed E-state index contributed by atoms with van der Waals surface area (Å²) in [6.45, 7) is 9.01. The molecule has 1 amide bonds. The zero-order chi connectivity index (χ0) is 16.9. The quantitative estimate of drug-likeness (QED) is 0.581. The van der Waals surface area contributed by atoms with E-state index in [1.807, 2.05) is 13.8 Å². The van der Waals surface area contributed by atoms with Crippen molar-refractivity contribution in [3.8, 4) is 0 Å². The van der Waals surface area contributed by atoms with Gasteiger partial charge in [-0.1, -0.05) is 0 Å². The van der Waals surface area contributed by atoms with Crippen LogP contribution in [0.15, 0.2) is 0 Å². The lowest BCUT2D eigenvalue weighted by atomic mass is 10.0. The number of ether oxygens (including phenoxy) is 1. The topological polar surface area (TPSA) is 95.9 Å². The van der Waals surface area contributed by atoms with E-state index in [1.54, 1.807) is 20.8 Å². The highest BCUT2D eigenvalue weighted by molar-refractivity contribution is 8.01. The molecule has 2 rings (SSSR count). The molecular weight excluding hydrogens is 308 g/mol. The number of amides is 1. The Morgan fingerprint density at radius 1 is 1.45 bits per heavy atom. The minimum Gasteiger partial charge on any atom is -0.481 e. The third-order valence-electron chi connectivity index (χ3n) is 3.38. The lowest BCUT2D eigenvalue weighted by Crippen LogP contribution is -2.70. The van der Waals surface area contributed by atoms with Gasteiger partial charge < -0.3 is 14.7 Å². The van der Waals surface area contributed by atoms with Crippen LogP contribution in [-0.4, -0.2) is 55.8 Å². The zero-order valence-corrected chi connectivity index (χ0v) is 14.2. The monoisotopic (exact) mass is 330 g/mol. The number of rotatable bonds is 4. The fraction of sp³-hybridized carbons (Fsp3) is 0.786. The number of carboxylic acids is 1. The average Bonchev–Trinajstić information content (AvgIpc) is 2.58. The first-order valence-corrected chi connectivity index (χ1v) is 8.01. The summed E-state index contributed by atoms with van der Waals surface area (Å²) in [6, 6.07) is -1.45. The number of carboxylic acid groups (broad SMARTS) is 1. The maximum atomic E-state index is 12.3. The summed E-state index contributed by atoms with van der Waals surface area (Å²) in [6.07, 6.45) is -0.454. The van der Waals surface area contributed by atoms with Crippen LogP contribution in [0.4, 0.5) is 0 Å². The summed E-state index contributed by atoms with van der Waals surface area (Å²) in [4.78, 5) is 36.7. The Balaban J connectivity index is 2.18. The predicted octanol–water partition coefficient (Wildman–Crippen LogP) is 0.781. The molecule has 7 nitrogen and oxygen atoms in total. The van der Waals surface area contributed by atoms with Gasteiger partial charge in [-0.15, -0.1) is 11.8 Å². The average molecular weight is 330 g/mol. The van der Waals surface area contributed by atoms with Crippen molar-refractivity contribution in [3.63, 3.8) is 0 Å². The number of β-lactam (4-membered cyclic amide) rings is 1. The van der Waals surface area contributed by atoms with E-state index < -0.39 is 30.0 Å². The number of thioether (sulfide) groups is 1. The number of likely N-dealkylation sites (tertiary alicyclic amines) is 1. The summed E-state index contributed by atoms with van der Waals surface area (Å²) >= 11 is 1.51. The van der Waals surface area contributed by atoms with Gasteiger partial charge in [-0.25, -0.2) is 4.79 Å². The maximum Gasteiger partial charge on any atom is 0.330 e. The van der Waals surface area contributed by atoms with Crippen molar-refractivity contribution in [2.45, 2.75) is 69.0 Å². The molecule has 0 saturated carbocycles. The Labute approximate surface area is 133 Å². The first-order valence-electron chi connectivity index (χ1n) is 7.14. The standard InChI is InChI=1S/C14H22N2O5S/c1-13(2,3)21-12(20)7(6-8(17)18)16-10(19)9-11(16)22-14(4,5)15-9/h7,9,11,15H,6H2,1-5H3,(H,17,18). The largest absolute Gasteiger partial charge is 0.481 e. The number of carbonyl (C=O) groups excluding carboxylic acids is 2. The van der Waals surface area contributed by atoms with Crippen molar-refractivity contribution in [1.29, 1.82) is 0 Å². The van der Waals surface area contributed by atoms with E-state index in [1.165, 1.54) is 16.7 Å². The number of fused-ring (bicyclic) bond motifs is 1.